The molecule has 9 heteroatoms. The van der Waals surface area contributed by atoms with E-state index < -0.39 is 0 Å². The van der Waals surface area contributed by atoms with Gasteiger partial charge in [-0.2, -0.15) is 0 Å². The number of hydrogen-bond acceptors (Lipinski definition) is 5. The third kappa shape index (κ3) is 3.47. The van der Waals surface area contributed by atoms with Crippen LogP contribution in [-0.2, 0) is 17.8 Å². The molecule has 0 unspecified atom stereocenters. The molecule has 2 aromatic heterocycles. The van der Waals surface area contributed by atoms with E-state index >= 15 is 0 Å². The second kappa shape index (κ2) is 7.89. The Hall–Kier alpha value is -3.49. The fourth-order valence-corrected chi connectivity index (χ4v) is 4.72. The summed E-state index contributed by atoms with van der Waals surface area (Å²) < 4.78 is 13.6. The minimum absolute atomic E-state index is 0.0229. The van der Waals surface area contributed by atoms with Crippen molar-refractivity contribution in [3.8, 4) is 0 Å². The maximum absolute atomic E-state index is 13.6. The van der Waals surface area contributed by atoms with Crippen molar-refractivity contribution in [1.82, 2.24) is 24.8 Å². The minimum Gasteiger partial charge on any atom is -0.373 e. The Morgan fingerprint density at radius 2 is 2.06 bits per heavy atom. The molecule has 1 aromatic carbocycles. The van der Waals surface area contributed by atoms with Gasteiger partial charge >= 0.3 is 0 Å². The zero-order valence-electron chi connectivity index (χ0n) is 18.1. The van der Waals surface area contributed by atoms with E-state index in [1.165, 1.54) is 12.1 Å². The maximum atomic E-state index is 13.6. The van der Waals surface area contributed by atoms with Gasteiger partial charge in [0, 0.05) is 43.5 Å². The van der Waals surface area contributed by atoms with Gasteiger partial charge in [-0.05, 0) is 43.5 Å². The van der Waals surface area contributed by atoms with E-state index in [2.05, 4.69) is 10.3 Å². The van der Waals surface area contributed by atoms with E-state index in [4.69, 9.17) is 9.97 Å². The first-order valence-corrected chi connectivity index (χ1v) is 10.9. The van der Waals surface area contributed by atoms with Crippen molar-refractivity contribution in [1.29, 1.82) is 0 Å². The summed E-state index contributed by atoms with van der Waals surface area (Å²) in [5.74, 6) is 0.871. The molecule has 0 spiro atoms. The molecule has 3 aromatic rings. The number of amides is 2. The molecule has 0 aliphatic carbocycles. The number of likely N-dealkylation sites (tertiary alicyclic amines) is 1. The van der Waals surface area contributed by atoms with Crippen LogP contribution in [0.1, 0.15) is 53.4 Å². The van der Waals surface area contributed by atoms with Crippen LogP contribution < -0.4 is 5.32 Å². The van der Waals surface area contributed by atoms with E-state index in [-0.39, 0.29) is 23.7 Å². The fraction of sp³-hybridized carbons (Fsp3) is 0.391. The number of aromatic amines is 1. The molecule has 1 atom stereocenters. The molecule has 0 radical (unpaired) electrons. The molecule has 2 amide bonds. The lowest BCUT2D eigenvalue weighted by atomic mass is 10.0. The Morgan fingerprint density at radius 1 is 1.22 bits per heavy atom. The highest BCUT2D eigenvalue weighted by Crippen LogP contribution is 2.34. The van der Waals surface area contributed by atoms with Crippen molar-refractivity contribution in [3.05, 3.63) is 52.9 Å². The smallest absolute Gasteiger partial charge is 0.270 e. The third-order valence-electron chi connectivity index (χ3n) is 6.39. The van der Waals surface area contributed by atoms with Crippen LogP contribution in [0, 0.1) is 5.82 Å². The van der Waals surface area contributed by atoms with Crippen molar-refractivity contribution < 1.29 is 14.0 Å². The first-order valence-electron chi connectivity index (χ1n) is 10.9. The molecule has 2 aliphatic rings. The van der Waals surface area contributed by atoms with Crippen LogP contribution in [0.5, 0.6) is 0 Å². The number of fused-ring (bicyclic) bond motifs is 2. The summed E-state index contributed by atoms with van der Waals surface area (Å²) in [6, 6.07) is 5.93. The van der Waals surface area contributed by atoms with Crippen LogP contribution in [0.15, 0.2) is 24.3 Å². The van der Waals surface area contributed by atoms with Gasteiger partial charge in [-0.1, -0.05) is 0 Å². The van der Waals surface area contributed by atoms with Crippen LogP contribution in [0.3, 0.4) is 0 Å². The molecule has 166 valence electrons. The second-order valence-corrected chi connectivity index (χ2v) is 8.37. The van der Waals surface area contributed by atoms with Gasteiger partial charge in [0.15, 0.2) is 5.82 Å². The summed E-state index contributed by atoms with van der Waals surface area (Å²) in [6.45, 7) is 3.26. The van der Waals surface area contributed by atoms with Gasteiger partial charge in [-0.15, -0.1) is 0 Å². The Balaban J connectivity index is 1.48. The van der Waals surface area contributed by atoms with Gasteiger partial charge in [0.2, 0.25) is 5.91 Å². The molecule has 0 saturated carbocycles. The van der Waals surface area contributed by atoms with Gasteiger partial charge in [0.05, 0.1) is 18.3 Å². The number of hydrogen-bond donors (Lipinski definition) is 2. The summed E-state index contributed by atoms with van der Waals surface area (Å²) in [4.78, 5) is 41.4. The number of aromatic nitrogens is 3. The summed E-state index contributed by atoms with van der Waals surface area (Å²) in [5, 5.41) is 3.95. The zero-order valence-corrected chi connectivity index (χ0v) is 18.1. The molecule has 5 rings (SSSR count). The Bertz CT molecular complexity index is 1220. The van der Waals surface area contributed by atoms with Crippen LogP contribution in [0.25, 0.3) is 10.9 Å². The lowest BCUT2D eigenvalue weighted by Crippen LogP contribution is -2.36. The van der Waals surface area contributed by atoms with Crippen molar-refractivity contribution in [2.24, 2.45) is 0 Å². The number of nitrogens with zero attached hydrogens (tertiary/aromatic N) is 4. The topological polar surface area (TPSA) is 94.2 Å². The van der Waals surface area contributed by atoms with E-state index in [0.29, 0.717) is 43.1 Å². The van der Waals surface area contributed by atoms with Gasteiger partial charge < -0.3 is 20.1 Å². The first kappa shape index (κ1) is 20.4. The average Bonchev–Trinajstić information content (AvgIpc) is 3.44. The van der Waals surface area contributed by atoms with E-state index in [9.17, 15) is 14.0 Å². The highest BCUT2D eigenvalue weighted by molar-refractivity contribution is 5.98. The highest BCUT2D eigenvalue weighted by atomic mass is 19.1. The number of carbonyl (C=O) groups excluding carboxylic acids is 2. The third-order valence-corrected chi connectivity index (χ3v) is 6.39. The van der Waals surface area contributed by atoms with E-state index in [1.807, 2.05) is 7.05 Å². The SMILES string of the molecule is CNc1nc([C@H]2CCCN2C(=O)c2cc3ccc(F)cc3[nH]2)nc2c1CCN(C(C)=O)C2. The summed E-state index contributed by atoms with van der Waals surface area (Å²) >= 11 is 0. The highest BCUT2D eigenvalue weighted by Gasteiger charge is 2.35. The van der Waals surface area contributed by atoms with Crippen molar-refractivity contribution in [2.45, 2.75) is 38.8 Å². The molecular formula is C23H25FN6O2. The van der Waals surface area contributed by atoms with E-state index in [0.717, 1.165) is 35.3 Å². The normalized spacial score (nSPS) is 18.2. The van der Waals surface area contributed by atoms with Crippen LogP contribution in [-0.4, -0.2) is 56.7 Å². The number of carbonyl (C=O) groups is 2. The number of H-pyrrole nitrogens is 1. The standard InChI is InChI=1S/C23H25FN6O2/c1-13(31)29-9-7-16-19(12-29)27-22(28-21(16)25-2)20-4-3-8-30(20)23(32)18-10-14-5-6-15(24)11-17(14)26-18/h5-6,10-11,20,26H,3-4,7-9,12H2,1-2H3,(H,25,27,28)/t20-/m1/s1. The van der Waals surface area contributed by atoms with Crippen LogP contribution in [0.2, 0.25) is 0 Å². The van der Waals surface area contributed by atoms with Crippen molar-refractivity contribution in [2.75, 3.05) is 25.5 Å². The van der Waals surface area contributed by atoms with Crippen LogP contribution in [0.4, 0.5) is 10.2 Å². The lowest BCUT2D eigenvalue weighted by Gasteiger charge is -2.30. The molecule has 32 heavy (non-hydrogen) atoms. The van der Waals surface area contributed by atoms with Gasteiger partial charge in [-0.25, -0.2) is 14.4 Å². The molecule has 8 nitrogen and oxygen atoms in total. The minimum atomic E-state index is -0.348. The van der Waals surface area contributed by atoms with Crippen molar-refractivity contribution in [3.63, 3.8) is 0 Å². The molecule has 1 fully saturated rings. The Kier molecular flexibility index (Phi) is 5.03. The number of benzene rings is 1. The molecule has 4 heterocycles. The quantitative estimate of drug-likeness (QED) is 0.658. The van der Waals surface area contributed by atoms with Crippen molar-refractivity contribution >= 4 is 28.5 Å². The first-order chi connectivity index (χ1) is 15.4. The van der Waals surface area contributed by atoms with Crippen LogP contribution >= 0.6 is 0 Å². The summed E-state index contributed by atoms with van der Waals surface area (Å²) in [5.41, 5.74) is 2.88. The number of nitrogens with one attached hydrogen (secondary N) is 2. The van der Waals surface area contributed by atoms with Gasteiger partial charge in [0.1, 0.15) is 17.3 Å². The number of rotatable bonds is 3. The predicted octanol–water partition coefficient (Wildman–Crippen LogP) is 3.02. The number of halogens is 1. The molecule has 0 bridgehead atoms. The Morgan fingerprint density at radius 3 is 2.84 bits per heavy atom. The monoisotopic (exact) mass is 436 g/mol. The molecule has 1 saturated heterocycles. The Labute approximate surface area is 184 Å². The zero-order chi connectivity index (χ0) is 22.4. The van der Waals surface area contributed by atoms with E-state index in [1.54, 1.807) is 28.9 Å². The largest absolute Gasteiger partial charge is 0.373 e. The number of anilines is 1. The fourth-order valence-electron chi connectivity index (χ4n) is 4.72. The second-order valence-electron chi connectivity index (χ2n) is 8.37. The van der Waals surface area contributed by atoms with Gasteiger partial charge in [-0.3, -0.25) is 9.59 Å². The molecule has 2 aliphatic heterocycles. The van der Waals surface area contributed by atoms with Gasteiger partial charge in [0.25, 0.3) is 5.91 Å². The maximum Gasteiger partial charge on any atom is 0.270 e. The predicted molar refractivity (Wildman–Crippen MR) is 118 cm³/mol. The summed E-state index contributed by atoms with van der Waals surface area (Å²) in [6.07, 6.45) is 2.31. The molecule has 2 N–H and O–H groups in total. The average molecular weight is 436 g/mol. The summed E-state index contributed by atoms with van der Waals surface area (Å²) in [7, 11) is 1.82. The lowest BCUT2D eigenvalue weighted by molar-refractivity contribution is -0.129. The molecular weight excluding hydrogens is 411 g/mol.